The SMILES string of the molecule is FC(F)(F)Oc1ccc(/C=C/c2nc(COc3ccc(COCCn4nccn4)cc3)cs2)cc1. The number of alkyl halides is 3. The summed E-state index contributed by atoms with van der Waals surface area (Å²) in [5.41, 5.74) is 2.54. The molecule has 0 N–H and O–H groups in total. The van der Waals surface area contributed by atoms with Crippen molar-refractivity contribution in [3.05, 3.63) is 88.1 Å². The molecule has 0 unspecified atom stereocenters. The van der Waals surface area contributed by atoms with E-state index in [9.17, 15) is 13.2 Å². The van der Waals surface area contributed by atoms with Gasteiger partial charge in [-0.15, -0.1) is 24.5 Å². The average molecular weight is 503 g/mol. The van der Waals surface area contributed by atoms with Crippen molar-refractivity contribution in [3.8, 4) is 11.5 Å². The fourth-order valence-electron chi connectivity index (χ4n) is 2.95. The van der Waals surface area contributed by atoms with Gasteiger partial charge < -0.3 is 14.2 Å². The van der Waals surface area contributed by atoms with Gasteiger partial charge in [-0.2, -0.15) is 15.0 Å². The summed E-state index contributed by atoms with van der Waals surface area (Å²) in [6.07, 6.45) is 2.13. The van der Waals surface area contributed by atoms with Crippen LogP contribution in [0.4, 0.5) is 13.2 Å². The lowest BCUT2D eigenvalue weighted by molar-refractivity contribution is -0.274. The summed E-state index contributed by atoms with van der Waals surface area (Å²) in [4.78, 5) is 6.07. The number of aromatic nitrogens is 4. The van der Waals surface area contributed by atoms with Crippen LogP contribution >= 0.6 is 11.3 Å². The highest BCUT2D eigenvalue weighted by Crippen LogP contribution is 2.23. The molecule has 2 aromatic carbocycles. The first-order valence-electron chi connectivity index (χ1n) is 10.5. The van der Waals surface area contributed by atoms with E-state index in [1.807, 2.05) is 29.6 Å². The summed E-state index contributed by atoms with van der Waals surface area (Å²) in [7, 11) is 0. The van der Waals surface area contributed by atoms with Crippen LogP contribution in [0.2, 0.25) is 0 Å². The van der Waals surface area contributed by atoms with Gasteiger partial charge >= 0.3 is 6.36 Å². The minimum atomic E-state index is -4.70. The number of benzene rings is 2. The Balaban J connectivity index is 1.20. The van der Waals surface area contributed by atoms with Gasteiger partial charge in [0.2, 0.25) is 0 Å². The van der Waals surface area contributed by atoms with Crippen LogP contribution in [-0.2, 0) is 24.5 Å². The second kappa shape index (κ2) is 11.6. The van der Waals surface area contributed by atoms with Gasteiger partial charge in [0.25, 0.3) is 0 Å². The van der Waals surface area contributed by atoms with Crippen molar-refractivity contribution < 1.29 is 27.4 Å². The highest BCUT2D eigenvalue weighted by atomic mass is 32.1. The van der Waals surface area contributed by atoms with Gasteiger partial charge in [-0.3, -0.25) is 0 Å². The zero-order valence-corrected chi connectivity index (χ0v) is 19.2. The van der Waals surface area contributed by atoms with E-state index in [1.54, 1.807) is 41.5 Å². The first-order chi connectivity index (χ1) is 16.9. The van der Waals surface area contributed by atoms with Gasteiger partial charge in [0.05, 0.1) is 37.8 Å². The Labute approximate surface area is 203 Å². The molecule has 0 radical (unpaired) electrons. The number of thiazole rings is 1. The molecule has 0 amide bonds. The maximum Gasteiger partial charge on any atom is 0.573 e. The summed E-state index contributed by atoms with van der Waals surface area (Å²) in [5, 5.41) is 10.7. The van der Waals surface area contributed by atoms with Crippen molar-refractivity contribution in [1.29, 1.82) is 0 Å². The van der Waals surface area contributed by atoms with Crippen LogP contribution in [0.5, 0.6) is 11.5 Å². The average Bonchev–Trinajstić information content (AvgIpc) is 3.52. The van der Waals surface area contributed by atoms with Crippen molar-refractivity contribution >= 4 is 23.5 Å². The molecule has 0 fully saturated rings. The number of rotatable bonds is 11. The molecule has 0 spiro atoms. The van der Waals surface area contributed by atoms with Gasteiger partial charge in [-0.25, -0.2) is 4.98 Å². The predicted octanol–water partition coefficient (Wildman–Crippen LogP) is 5.60. The third kappa shape index (κ3) is 8.23. The van der Waals surface area contributed by atoms with Crippen LogP contribution in [0.3, 0.4) is 0 Å². The normalized spacial score (nSPS) is 11.7. The Bertz CT molecular complexity index is 1210. The first-order valence-corrected chi connectivity index (χ1v) is 11.4. The van der Waals surface area contributed by atoms with Gasteiger partial charge in [-0.1, -0.05) is 30.3 Å². The molecule has 0 saturated heterocycles. The highest BCUT2D eigenvalue weighted by molar-refractivity contribution is 7.10. The molecular formula is C24H21F3N4O3S. The summed E-state index contributed by atoms with van der Waals surface area (Å²) in [6.45, 7) is 1.93. The molecule has 11 heteroatoms. The molecular weight excluding hydrogens is 481 g/mol. The fourth-order valence-corrected chi connectivity index (χ4v) is 3.64. The Morgan fingerprint density at radius 2 is 1.60 bits per heavy atom. The maximum absolute atomic E-state index is 12.2. The fraction of sp³-hybridized carbons (Fsp3) is 0.208. The molecule has 4 aromatic rings. The van der Waals surface area contributed by atoms with Crippen molar-refractivity contribution in [2.75, 3.05) is 6.61 Å². The maximum atomic E-state index is 12.2. The van der Waals surface area contributed by atoms with E-state index in [2.05, 4.69) is 19.9 Å². The largest absolute Gasteiger partial charge is 0.573 e. The molecule has 0 atom stereocenters. The monoisotopic (exact) mass is 502 g/mol. The Morgan fingerprint density at radius 1 is 0.886 bits per heavy atom. The molecule has 0 aliphatic rings. The van der Waals surface area contributed by atoms with E-state index in [0.29, 0.717) is 26.4 Å². The van der Waals surface area contributed by atoms with Crippen LogP contribution in [-0.4, -0.2) is 32.9 Å². The summed E-state index contributed by atoms with van der Waals surface area (Å²) in [6, 6.07) is 13.3. The molecule has 182 valence electrons. The van der Waals surface area contributed by atoms with Crippen molar-refractivity contribution in [1.82, 2.24) is 20.0 Å². The zero-order valence-electron chi connectivity index (χ0n) is 18.4. The Hall–Kier alpha value is -3.70. The lowest BCUT2D eigenvalue weighted by Crippen LogP contribution is -2.16. The number of hydrogen-bond acceptors (Lipinski definition) is 7. The second-order valence-electron chi connectivity index (χ2n) is 7.24. The Kier molecular flexibility index (Phi) is 8.11. The molecule has 0 saturated carbocycles. The van der Waals surface area contributed by atoms with Crippen LogP contribution in [0.1, 0.15) is 21.8 Å². The number of nitrogens with zero attached hydrogens (tertiary/aromatic N) is 4. The number of ether oxygens (including phenoxy) is 3. The third-order valence-electron chi connectivity index (χ3n) is 4.58. The lowest BCUT2D eigenvalue weighted by Gasteiger charge is -2.08. The smallest absolute Gasteiger partial charge is 0.487 e. The van der Waals surface area contributed by atoms with Crippen molar-refractivity contribution in [3.63, 3.8) is 0 Å². The summed E-state index contributed by atoms with van der Waals surface area (Å²) < 4.78 is 52.0. The lowest BCUT2D eigenvalue weighted by atomic mass is 10.2. The highest BCUT2D eigenvalue weighted by Gasteiger charge is 2.30. The molecule has 2 aromatic heterocycles. The van der Waals surface area contributed by atoms with Gasteiger partial charge in [-0.05, 0) is 41.5 Å². The molecule has 0 aliphatic carbocycles. The van der Waals surface area contributed by atoms with Crippen LogP contribution in [0.15, 0.2) is 66.3 Å². The quantitative estimate of drug-likeness (QED) is 0.249. The molecule has 0 aliphatic heterocycles. The van der Waals surface area contributed by atoms with E-state index in [0.717, 1.165) is 27.6 Å². The van der Waals surface area contributed by atoms with Crippen LogP contribution in [0, 0.1) is 0 Å². The standard InChI is InChI=1S/C24H21F3N4O3S/c25-24(26,27)34-22-8-1-18(2-9-22)5-10-23-30-20(17-35-23)16-33-21-6-3-19(4-7-21)15-32-14-13-31-28-11-12-29-31/h1-12,17H,13-16H2/b10-5+. The van der Waals surface area contributed by atoms with Gasteiger partial charge in [0.15, 0.2) is 0 Å². The Morgan fingerprint density at radius 3 is 2.31 bits per heavy atom. The zero-order chi connectivity index (χ0) is 24.5. The number of halogens is 3. The van der Waals surface area contributed by atoms with Crippen molar-refractivity contribution in [2.45, 2.75) is 26.1 Å². The second-order valence-corrected chi connectivity index (χ2v) is 8.13. The molecule has 4 rings (SSSR count). The van der Waals surface area contributed by atoms with Gasteiger partial charge in [0.1, 0.15) is 23.1 Å². The van der Waals surface area contributed by atoms with E-state index < -0.39 is 6.36 Å². The minimum Gasteiger partial charge on any atom is -0.487 e. The molecule has 2 heterocycles. The summed E-state index contributed by atoms with van der Waals surface area (Å²) in [5.74, 6) is 0.465. The molecule has 0 bridgehead atoms. The third-order valence-corrected chi connectivity index (χ3v) is 5.44. The van der Waals surface area contributed by atoms with Crippen LogP contribution in [0.25, 0.3) is 12.2 Å². The molecule has 7 nitrogen and oxygen atoms in total. The predicted molar refractivity (Wildman–Crippen MR) is 125 cm³/mol. The topological polar surface area (TPSA) is 71.3 Å². The van der Waals surface area contributed by atoms with E-state index in [4.69, 9.17) is 9.47 Å². The number of hydrogen-bond donors (Lipinski definition) is 0. The van der Waals surface area contributed by atoms with Crippen molar-refractivity contribution in [2.24, 2.45) is 0 Å². The molecule has 35 heavy (non-hydrogen) atoms. The van der Waals surface area contributed by atoms with E-state index in [1.165, 1.54) is 23.5 Å². The van der Waals surface area contributed by atoms with E-state index >= 15 is 0 Å². The van der Waals surface area contributed by atoms with E-state index in [-0.39, 0.29) is 5.75 Å². The first kappa shape index (κ1) is 24.4. The summed E-state index contributed by atoms with van der Waals surface area (Å²) >= 11 is 1.45. The van der Waals surface area contributed by atoms with Crippen LogP contribution < -0.4 is 9.47 Å². The minimum absolute atomic E-state index is 0.258. The van der Waals surface area contributed by atoms with Gasteiger partial charge in [0, 0.05) is 5.38 Å².